The Balaban J connectivity index is 1.05. The number of allylic oxidation sites excluding steroid dienone is 8. The molecular formula is C52H33N5O. The lowest BCUT2D eigenvalue weighted by atomic mass is 9.67. The van der Waals surface area contributed by atoms with Crippen molar-refractivity contribution in [3.8, 4) is 22.8 Å². The third kappa shape index (κ3) is 4.54. The summed E-state index contributed by atoms with van der Waals surface area (Å²) < 4.78 is 8.63. The van der Waals surface area contributed by atoms with E-state index < -0.39 is 0 Å². The number of aromatic nitrogens is 5. The fraction of sp³-hybridized carbons (Fsp3) is 0.0769. The minimum atomic E-state index is 0.169. The molecule has 6 aromatic carbocycles. The van der Waals surface area contributed by atoms with Gasteiger partial charge < -0.3 is 4.42 Å². The zero-order chi connectivity index (χ0) is 37.9. The summed E-state index contributed by atoms with van der Waals surface area (Å²) in [6.45, 7) is 0. The quantitative estimate of drug-likeness (QED) is 0.169. The van der Waals surface area contributed by atoms with Crippen molar-refractivity contribution in [1.29, 1.82) is 0 Å². The van der Waals surface area contributed by atoms with Crippen molar-refractivity contribution in [3.63, 3.8) is 0 Å². The van der Waals surface area contributed by atoms with Crippen LogP contribution in [-0.4, -0.2) is 24.3 Å². The molecule has 3 aliphatic rings. The second-order valence-electron chi connectivity index (χ2n) is 15.6. The van der Waals surface area contributed by atoms with Gasteiger partial charge >= 0.3 is 0 Å². The largest absolute Gasteiger partial charge is 0.456 e. The Morgan fingerprint density at radius 3 is 2.31 bits per heavy atom. The van der Waals surface area contributed by atoms with Crippen molar-refractivity contribution < 1.29 is 4.42 Å². The zero-order valence-electron chi connectivity index (χ0n) is 31.3. The zero-order valence-corrected chi connectivity index (χ0v) is 31.3. The first-order valence-electron chi connectivity index (χ1n) is 20.0. The van der Waals surface area contributed by atoms with Crippen molar-refractivity contribution in [2.75, 3.05) is 0 Å². The van der Waals surface area contributed by atoms with Crippen LogP contribution in [0.15, 0.2) is 174 Å². The lowest BCUT2D eigenvalue weighted by Crippen LogP contribution is -2.22. The van der Waals surface area contributed by atoms with Gasteiger partial charge in [-0.25, -0.2) is 19.9 Å². The Morgan fingerprint density at radius 2 is 1.34 bits per heavy atom. The van der Waals surface area contributed by atoms with Gasteiger partial charge in [-0.2, -0.15) is 0 Å². The number of fused-ring (bicyclic) bond motifs is 16. The molecule has 0 N–H and O–H groups in total. The Kier molecular flexibility index (Phi) is 6.58. The minimum absolute atomic E-state index is 0.169. The first kappa shape index (κ1) is 31.7. The molecule has 0 aliphatic heterocycles. The predicted octanol–water partition coefficient (Wildman–Crippen LogP) is 12.7. The topological polar surface area (TPSA) is 69.1 Å². The SMILES string of the molecule is C1=CC2=C(CC1)c1ccccc1C1C=C(c3nc(-c4ccc5c(c4)c4ccccc4c4nc6ccccc6n54)nc(-c4cccc5oc6ccccc6c45)n3)C=CC21. The second-order valence-corrected chi connectivity index (χ2v) is 15.6. The van der Waals surface area contributed by atoms with E-state index in [1.807, 2.05) is 30.3 Å². The van der Waals surface area contributed by atoms with E-state index in [4.69, 9.17) is 24.4 Å². The Bertz CT molecular complexity index is 3540. The van der Waals surface area contributed by atoms with E-state index in [1.54, 1.807) is 0 Å². The number of furan rings is 1. The molecule has 272 valence electrons. The highest BCUT2D eigenvalue weighted by Gasteiger charge is 2.35. The molecule has 6 heteroatoms. The molecular weight excluding hydrogens is 711 g/mol. The second kappa shape index (κ2) is 12.0. The van der Waals surface area contributed by atoms with Crippen LogP contribution >= 0.6 is 0 Å². The van der Waals surface area contributed by atoms with Crippen LogP contribution in [0.4, 0.5) is 0 Å². The number of para-hydroxylation sites is 3. The van der Waals surface area contributed by atoms with Gasteiger partial charge in [0.25, 0.3) is 0 Å². The van der Waals surface area contributed by atoms with Gasteiger partial charge in [0, 0.05) is 50.1 Å². The van der Waals surface area contributed by atoms with E-state index in [0.717, 1.165) is 89.8 Å². The first-order chi connectivity index (χ1) is 28.7. The van der Waals surface area contributed by atoms with Gasteiger partial charge in [-0.3, -0.25) is 4.40 Å². The van der Waals surface area contributed by atoms with E-state index in [1.165, 1.54) is 22.3 Å². The molecule has 0 saturated carbocycles. The molecule has 0 amide bonds. The summed E-state index contributed by atoms with van der Waals surface area (Å²) in [6.07, 6.45) is 13.8. The number of pyridine rings is 1. The van der Waals surface area contributed by atoms with E-state index in [0.29, 0.717) is 17.5 Å². The average molecular weight is 744 g/mol. The van der Waals surface area contributed by atoms with Crippen LogP contribution in [0.5, 0.6) is 0 Å². The highest BCUT2D eigenvalue weighted by Crippen LogP contribution is 2.50. The van der Waals surface area contributed by atoms with E-state index in [-0.39, 0.29) is 11.8 Å². The Labute approximate surface area is 332 Å². The van der Waals surface area contributed by atoms with E-state index in [9.17, 15) is 0 Å². The van der Waals surface area contributed by atoms with Gasteiger partial charge in [0.15, 0.2) is 17.5 Å². The third-order valence-electron chi connectivity index (χ3n) is 12.5. The number of imidazole rings is 1. The van der Waals surface area contributed by atoms with Crippen LogP contribution in [-0.2, 0) is 0 Å². The van der Waals surface area contributed by atoms with Gasteiger partial charge in [0.1, 0.15) is 16.8 Å². The standard InChI is InChI=1S/C52H33N5O/c1-2-14-34-32(12-1)33-13-3-4-15-35(33)41-28-30(24-26-37(34)41)49-54-50(56-51(55-49)40-19-11-23-47-48(40)39-18-7-10-22-46(39)58-47)31-25-27-44-42(29-31)36-16-5-6-17-38(36)52-53-43-20-8-9-21-45(43)57(44)52/h2-11,13-29,37,41H,1,12H2. The van der Waals surface area contributed by atoms with Crippen LogP contribution in [0, 0.1) is 5.92 Å². The van der Waals surface area contributed by atoms with E-state index >= 15 is 0 Å². The molecule has 2 atom stereocenters. The molecule has 0 radical (unpaired) electrons. The molecule has 6 nitrogen and oxygen atoms in total. The molecule has 3 aliphatic carbocycles. The molecule has 2 unspecified atom stereocenters. The fourth-order valence-corrected chi connectivity index (χ4v) is 9.92. The number of rotatable bonds is 3. The van der Waals surface area contributed by atoms with E-state index in [2.05, 4.69) is 138 Å². The predicted molar refractivity (Wildman–Crippen MR) is 234 cm³/mol. The van der Waals surface area contributed by atoms with Crippen molar-refractivity contribution in [2.45, 2.75) is 18.8 Å². The van der Waals surface area contributed by atoms with Crippen LogP contribution in [0.3, 0.4) is 0 Å². The molecule has 0 fully saturated rings. The van der Waals surface area contributed by atoms with Crippen LogP contribution in [0.1, 0.15) is 35.7 Å². The van der Waals surface area contributed by atoms with Crippen LogP contribution < -0.4 is 0 Å². The van der Waals surface area contributed by atoms with Crippen molar-refractivity contribution in [3.05, 3.63) is 186 Å². The summed E-state index contributed by atoms with van der Waals surface area (Å²) in [5.74, 6) is 2.31. The maximum atomic E-state index is 6.35. The molecule has 4 aromatic heterocycles. The summed E-state index contributed by atoms with van der Waals surface area (Å²) in [7, 11) is 0. The Hall–Kier alpha value is -7.44. The van der Waals surface area contributed by atoms with Gasteiger partial charge in [-0.1, -0.05) is 121 Å². The maximum absolute atomic E-state index is 6.35. The van der Waals surface area contributed by atoms with Crippen LogP contribution in [0.2, 0.25) is 0 Å². The van der Waals surface area contributed by atoms with Gasteiger partial charge in [0.2, 0.25) is 0 Å². The number of hydrogen-bond acceptors (Lipinski definition) is 5. The molecule has 58 heavy (non-hydrogen) atoms. The summed E-state index contributed by atoms with van der Waals surface area (Å²) >= 11 is 0. The summed E-state index contributed by atoms with van der Waals surface area (Å²) in [5, 5.41) is 5.38. The van der Waals surface area contributed by atoms with Crippen molar-refractivity contribution >= 4 is 71.4 Å². The summed E-state index contributed by atoms with van der Waals surface area (Å²) in [5.41, 5.74) is 14.2. The highest BCUT2D eigenvalue weighted by atomic mass is 16.3. The summed E-state index contributed by atoms with van der Waals surface area (Å²) in [6, 6.07) is 46.7. The lowest BCUT2D eigenvalue weighted by Gasteiger charge is -2.37. The molecule has 4 heterocycles. The Morgan fingerprint density at radius 1 is 0.569 bits per heavy atom. The van der Waals surface area contributed by atoms with Gasteiger partial charge in [0.05, 0.1) is 16.6 Å². The number of nitrogens with zero attached hydrogens (tertiary/aromatic N) is 5. The number of hydrogen-bond donors (Lipinski definition) is 0. The molecule has 10 aromatic rings. The molecule has 0 bridgehead atoms. The smallest absolute Gasteiger partial charge is 0.164 e. The monoisotopic (exact) mass is 743 g/mol. The lowest BCUT2D eigenvalue weighted by molar-refractivity contribution is 0.657. The van der Waals surface area contributed by atoms with Gasteiger partial charge in [-0.05, 0) is 83.0 Å². The fourth-order valence-electron chi connectivity index (χ4n) is 9.92. The minimum Gasteiger partial charge on any atom is -0.456 e. The third-order valence-corrected chi connectivity index (χ3v) is 12.5. The number of benzene rings is 6. The van der Waals surface area contributed by atoms with Crippen LogP contribution in [0.25, 0.3) is 94.2 Å². The first-order valence-corrected chi connectivity index (χ1v) is 20.0. The molecule has 0 saturated heterocycles. The average Bonchev–Trinajstić information content (AvgIpc) is 3.88. The maximum Gasteiger partial charge on any atom is 0.164 e. The molecule has 13 rings (SSSR count). The van der Waals surface area contributed by atoms with Crippen molar-refractivity contribution in [1.82, 2.24) is 24.3 Å². The van der Waals surface area contributed by atoms with Gasteiger partial charge in [-0.15, -0.1) is 0 Å². The normalized spacial score (nSPS) is 17.4. The summed E-state index contributed by atoms with van der Waals surface area (Å²) in [4.78, 5) is 21.1. The highest BCUT2D eigenvalue weighted by molar-refractivity contribution is 6.15. The van der Waals surface area contributed by atoms with Crippen molar-refractivity contribution in [2.24, 2.45) is 5.92 Å². The molecule has 0 spiro atoms.